The van der Waals surface area contributed by atoms with Crippen molar-refractivity contribution in [2.75, 3.05) is 10.6 Å². The molecule has 0 bridgehead atoms. The molecular weight excluding hydrogens is 332 g/mol. The summed E-state index contributed by atoms with van der Waals surface area (Å²) in [6, 6.07) is 5.29. The number of carbonyl (C=O) groups excluding carboxylic acids is 2. The number of anilines is 2. The highest BCUT2D eigenvalue weighted by molar-refractivity contribution is 8.00. The molecule has 6 nitrogen and oxygen atoms in total. The summed E-state index contributed by atoms with van der Waals surface area (Å²) in [5.41, 5.74) is 1.15. The highest BCUT2D eigenvalue weighted by Crippen LogP contribution is 2.36. The number of nitrogens with one attached hydrogen (secondary N) is 2. The van der Waals surface area contributed by atoms with Crippen LogP contribution >= 0.6 is 23.1 Å². The molecule has 0 fully saturated rings. The van der Waals surface area contributed by atoms with Gasteiger partial charge < -0.3 is 5.32 Å². The van der Waals surface area contributed by atoms with Crippen molar-refractivity contribution in [2.24, 2.45) is 0 Å². The first-order valence-corrected chi connectivity index (χ1v) is 9.01. The lowest BCUT2D eigenvalue weighted by atomic mass is 10.2. The van der Waals surface area contributed by atoms with E-state index in [1.54, 1.807) is 12.1 Å². The first-order valence-electron chi connectivity index (χ1n) is 7.32. The highest BCUT2D eigenvalue weighted by Gasteiger charge is 2.23. The zero-order chi connectivity index (χ0) is 16.4. The number of hydrogen-bond donors (Lipinski definition) is 2. The zero-order valence-corrected chi connectivity index (χ0v) is 14.4. The van der Waals surface area contributed by atoms with Crippen molar-refractivity contribution in [1.29, 1.82) is 0 Å². The number of benzene rings is 1. The van der Waals surface area contributed by atoms with Crippen LogP contribution in [0.25, 0.3) is 0 Å². The summed E-state index contributed by atoms with van der Waals surface area (Å²) in [7, 11) is 0. The number of amides is 2. The fraction of sp³-hybridized carbons (Fsp3) is 0.333. The molecule has 1 aliphatic heterocycles. The maximum Gasteiger partial charge on any atom is 0.257 e. The molecule has 23 heavy (non-hydrogen) atoms. The summed E-state index contributed by atoms with van der Waals surface area (Å²) in [6.45, 7) is 3.92. The third-order valence-electron chi connectivity index (χ3n) is 3.32. The van der Waals surface area contributed by atoms with Gasteiger partial charge in [-0.1, -0.05) is 18.3 Å². The number of thioether (sulfide) groups is 1. The second kappa shape index (κ2) is 6.67. The van der Waals surface area contributed by atoms with Gasteiger partial charge in [-0.15, -0.1) is 22.0 Å². The van der Waals surface area contributed by atoms with Crippen molar-refractivity contribution in [3.8, 4) is 0 Å². The van der Waals surface area contributed by atoms with Gasteiger partial charge in [-0.05, 0) is 31.5 Å². The van der Waals surface area contributed by atoms with E-state index in [0.717, 1.165) is 22.7 Å². The van der Waals surface area contributed by atoms with Gasteiger partial charge in [0, 0.05) is 16.9 Å². The first kappa shape index (κ1) is 15.9. The van der Waals surface area contributed by atoms with Gasteiger partial charge in [-0.2, -0.15) is 0 Å². The number of aryl methyl sites for hydroxylation is 1. The molecule has 1 aliphatic rings. The standard InChI is InChI=1S/C15H16N4O2S2/c1-3-4-12-18-19-15(23-12)17-14(21)9-5-6-11-10(7-9)16-13(20)8(2)22-11/h5-8H,3-4H2,1-2H3,(H,16,20)(H,17,19,21)/t8-/m1/s1. The Morgan fingerprint density at radius 3 is 3.00 bits per heavy atom. The molecule has 2 heterocycles. The lowest BCUT2D eigenvalue weighted by molar-refractivity contribution is -0.115. The van der Waals surface area contributed by atoms with Crippen LogP contribution in [-0.2, 0) is 11.2 Å². The van der Waals surface area contributed by atoms with Gasteiger partial charge >= 0.3 is 0 Å². The van der Waals surface area contributed by atoms with E-state index < -0.39 is 0 Å². The lowest BCUT2D eigenvalue weighted by Gasteiger charge is -2.21. The Morgan fingerprint density at radius 2 is 2.22 bits per heavy atom. The van der Waals surface area contributed by atoms with E-state index in [4.69, 9.17) is 0 Å². The fourth-order valence-corrected chi connectivity index (χ4v) is 3.91. The lowest BCUT2D eigenvalue weighted by Crippen LogP contribution is -2.26. The van der Waals surface area contributed by atoms with Gasteiger partial charge in [-0.3, -0.25) is 14.9 Å². The van der Waals surface area contributed by atoms with Crippen LogP contribution in [0, 0.1) is 0 Å². The monoisotopic (exact) mass is 348 g/mol. The Hall–Kier alpha value is -1.93. The van der Waals surface area contributed by atoms with Crippen LogP contribution in [0.5, 0.6) is 0 Å². The molecule has 1 aromatic heterocycles. The number of aromatic nitrogens is 2. The van der Waals surface area contributed by atoms with E-state index in [1.165, 1.54) is 23.1 Å². The Morgan fingerprint density at radius 1 is 1.39 bits per heavy atom. The molecule has 2 amide bonds. The van der Waals surface area contributed by atoms with E-state index in [2.05, 4.69) is 27.8 Å². The number of fused-ring (bicyclic) bond motifs is 1. The van der Waals surface area contributed by atoms with E-state index >= 15 is 0 Å². The quantitative estimate of drug-likeness (QED) is 0.886. The second-order valence-electron chi connectivity index (χ2n) is 5.17. The Bertz CT molecular complexity index is 760. The summed E-state index contributed by atoms with van der Waals surface area (Å²) in [5.74, 6) is -0.307. The van der Waals surface area contributed by atoms with Crippen LogP contribution in [0.2, 0.25) is 0 Å². The van der Waals surface area contributed by atoms with Gasteiger partial charge in [0.15, 0.2) is 0 Å². The molecule has 2 N–H and O–H groups in total. The summed E-state index contributed by atoms with van der Waals surface area (Å²) >= 11 is 2.87. The predicted octanol–water partition coefficient (Wildman–Crippen LogP) is 3.18. The van der Waals surface area contributed by atoms with Crippen LogP contribution in [0.4, 0.5) is 10.8 Å². The SMILES string of the molecule is CCCc1nnc(NC(=O)c2ccc3c(c2)NC(=O)[C@@H](C)S3)s1. The fourth-order valence-electron chi connectivity index (χ4n) is 2.14. The minimum atomic E-state index is -0.259. The van der Waals surface area contributed by atoms with Crippen molar-refractivity contribution in [3.63, 3.8) is 0 Å². The molecule has 8 heteroatoms. The third-order valence-corrected chi connectivity index (χ3v) is 5.40. The van der Waals surface area contributed by atoms with E-state index in [-0.39, 0.29) is 17.1 Å². The first-order chi connectivity index (χ1) is 11.1. The van der Waals surface area contributed by atoms with Crippen molar-refractivity contribution < 1.29 is 9.59 Å². The van der Waals surface area contributed by atoms with Crippen LogP contribution < -0.4 is 10.6 Å². The van der Waals surface area contributed by atoms with E-state index in [9.17, 15) is 9.59 Å². The normalized spacial score (nSPS) is 16.6. The summed E-state index contributed by atoms with van der Waals surface area (Å²) in [6.07, 6.45) is 1.84. The van der Waals surface area contributed by atoms with Crippen molar-refractivity contribution >= 4 is 45.7 Å². The molecule has 3 rings (SSSR count). The molecule has 0 aliphatic carbocycles. The van der Waals surface area contributed by atoms with Gasteiger partial charge in [0.25, 0.3) is 5.91 Å². The van der Waals surface area contributed by atoms with Crippen molar-refractivity contribution in [1.82, 2.24) is 10.2 Å². The maximum absolute atomic E-state index is 12.3. The second-order valence-corrected chi connectivity index (χ2v) is 7.61. The molecule has 0 saturated carbocycles. The van der Waals surface area contributed by atoms with Gasteiger partial charge in [0.05, 0.1) is 10.9 Å². The van der Waals surface area contributed by atoms with E-state index in [1.807, 2.05) is 13.0 Å². The zero-order valence-electron chi connectivity index (χ0n) is 12.8. The van der Waals surface area contributed by atoms with Crippen LogP contribution in [0.15, 0.2) is 23.1 Å². The van der Waals surface area contributed by atoms with Gasteiger partial charge in [0.2, 0.25) is 11.0 Å². The molecule has 0 radical (unpaired) electrons. The highest BCUT2D eigenvalue weighted by atomic mass is 32.2. The number of carbonyl (C=O) groups is 2. The van der Waals surface area contributed by atoms with Crippen LogP contribution in [-0.4, -0.2) is 27.3 Å². The minimum Gasteiger partial charge on any atom is -0.324 e. The van der Waals surface area contributed by atoms with E-state index in [0.29, 0.717) is 16.4 Å². The van der Waals surface area contributed by atoms with Crippen molar-refractivity contribution in [2.45, 2.75) is 36.8 Å². The molecule has 1 atom stereocenters. The number of nitrogens with zero attached hydrogens (tertiary/aromatic N) is 2. The smallest absolute Gasteiger partial charge is 0.257 e. The van der Waals surface area contributed by atoms with Crippen LogP contribution in [0.1, 0.15) is 35.6 Å². The Kier molecular flexibility index (Phi) is 4.63. The summed E-state index contributed by atoms with van der Waals surface area (Å²) < 4.78 is 0. The van der Waals surface area contributed by atoms with Crippen LogP contribution in [0.3, 0.4) is 0 Å². The van der Waals surface area contributed by atoms with Gasteiger partial charge in [-0.25, -0.2) is 0 Å². The average molecular weight is 348 g/mol. The Balaban J connectivity index is 1.75. The van der Waals surface area contributed by atoms with Gasteiger partial charge in [0.1, 0.15) is 5.01 Å². The molecule has 0 spiro atoms. The molecule has 0 unspecified atom stereocenters. The topological polar surface area (TPSA) is 84.0 Å². The predicted molar refractivity (Wildman–Crippen MR) is 92.2 cm³/mol. The molecule has 120 valence electrons. The largest absolute Gasteiger partial charge is 0.324 e. The average Bonchev–Trinajstić information content (AvgIpc) is 2.95. The molecular formula is C15H16N4O2S2. The summed E-state index contributed by atoms with van der Waals surface area (Å²) in [5, 5.41) is 14.9. The number of hydrogen-bond acceptors (Lipinski definition) is 6. The molecule has 0 saturated heterocycles. The Labute approximate surface area is 142 Å². The molecule has 1 aromatic carbocycles. The minimum absolute atomic E-state index is 0.0478. The van der Waals surface area contributed by atoms with Crippen molar-refractivity contribution in [3.05, 3.63) is 28.8 Å². The summed E-state index contributed by atoms with van der Waals surface area (Å²) in [4.78, 5) is 25.0. The maximum atomic E-state index is 12.3. The number of rotatable bonds is 4. The molecule has 2 aromatic rings. The third kappa shape index (κ3) is 3.53.